The molecule has 124 valence electrons. The summed E-state index contributed by atoms with van der Waals surface area (Å²) in [7, 11) is 0. The molecule has 21 heavy (non-hydrogen) atoms. The molecule has 0 aliphatic rings. The third kappa shape index (κ3) is 10.9. The van der Waals surface area contributed by atoms with Crippen LogP contribution in [0.25, 0.3) is 0 Å². The van der Waals surface area contributed by atoms with E-state index in [1.54, 1.807) is 0 Å². The van der Waals surface area contributed by atoms with Crippen LogP contribution in [-0.2, 0) is 9.53 Å². The van der Waals surface area contributed by atoms with Crippen molar-refractivity contribution in [1.82, 2.24) is 4.90 Å². The highest BCUT2D eigenvalue weighted by Crippen LogP contribution is 2.14. The summed E-state index contributed by atoms with van der Waals surface area (Å²) in [6.45, 7) is 2.84. The monoisotopic (exact) mass is 313 g/mol. The van der Waals surface area contributed by atoms with E-state index >= 15 is 0 Å². The van der Waals surface area contributed by atoms with Gasteiger partial charge < -0.3 is 20.6 Å². The normalized spacial score (nSPS) is 12.8. The highest BCUT2D eigenvalue weighted by atomic mass is 19.4. The Kier molecular flexibility index (Phi) is 8.75. The summed E-state index contributed by atoms with van der Waals surface area (Å²) in [5.74, 6) is -0.140. The maximum Gasteiger partial charge on any atom is 0.411 e. The predicted molar refractivity (Wildman–Crippen MR) is 70.9 cm³/mol. The van der Waals surface area contributed by atoms with E-state index in [1.807, 2.05) is 13.8 Å². The van der Waals surface area contributed by atoms with Crippen LogP contribution in [0.2, 0.25) is 0 Å². The first kappa shape index (κ1) is 19.5. The number of rotatable bonds is 9. The van der Waals surface area contributed by atoms with Gasteiger partial charge in [-0.2, -0.15) is 13.2 Å². The number of carbonyl (C=O) groups is 1. The predicted octanol–water partition coefficient (Wildman–Crippen LogP) is 1.58. The Morgan fingerprint density at radius 1 is 1.38 bits per heavy atom. The Morgan fingerprint density at radius 3 is 2.48 bits per heavy atom. The minimum Gasteiger partial charge on any atom is -0.409 e. The van der Waals surface area contributed by atoms with Gasteiger partial charge in [0.25, 0.3) is 0 Å². The van der Waals surface area contributed by atoms with Crippen molar-refractivity contribution < 1.29 is 27.9 Å². The molecule has 0 aromatic heterocycles. The van der Waals surface area contributed by atoms with Crippen molar-refractivity contribution in [3.8, 4) is 0 Å². The van der Waals surface area contributed by atoms with E-state index in [0.717, 1.165) is 0 Å². The molecule has 1 amide bonds. The van der Waals surface area contributed by atoms with E-state index in [2.05, 4.69) is 9.89 Å². The first-order valence-corrected chi connectivity index (χ1v) is 6.54. The van der Waals surface area contributed by atoms with Gasteiger partial charge in [-0.05, 0) is 5.92 Å². The van der Waals surface area contributed by atoms with Crippen LogP contribution in [-0.4, -0.2) is 54.3 Å². The Balaban J connectivity index is 4.25. The number of hydrogen-bond donors (Lipinski definition) is 2. The number of halogens is 3. The molecule has 0 saturated heterocycles. The van der Waals surface area contributed by atoms with Gasteiger partial charge in [0, 0.05) is 19.5 Å². The van der Waals surface area contributed by atoms with Gasteiger partial charge in [0.1, 0.15) is 12.4 Å². The lowest BCUT2D eigenvalue weighted by Crippen LogP contribution is -2.37. The zero-order chi connectivity index (χ0) is 16.5. The molecule has 0 radical (unpaired) electrons. The minimum absolute atomic E-state index is 0.00937. The number of alkyl halides is 3. The zero-order valence-corrected chi connectivity index (χ0v) is 12.2. The molecule has 0 heterocycles. The zero-order valence-electron chi connectivity index (χ0n) is 12.2. The summed E-state index contributed by atoms with van der Waals surface area (Å²) in [6, 6.07) is 0. The molecule has 3 N–H and O–H groups in total. The summed E-state index contributed by atoms with van der Waals surface area (Å²) < 4.78 is 40.1. The van der Waals surface area contributed by atoms with Crippen molar-refractivity contribution in [3.63, 3.8) is 0 Å². The average Bonchev–Trinajstić information content (AvgIpc) is 2.37. The number of oxime groups is 1. The number of amidine groups is 1. The Labute approximate surface area is 121 Å². The fourth-order valence-electron chi connectivity index (χ4n) is 1.56. The van der Waals surface area contributed by atoms with Crippen molar-refractivity contribution in [3.05, 3.63) is 0 Å². The van der Waals surface area contributed by atoms with Gasteiger partial charge in [0.2, 0.25) is 5.91 Å². The summed E-state index contributed by atoms with van der Waals surface area (Å²) in [6.07, 6.45) is -4.34. The molecule has 0 aliphatic carbocycles. The molecule has 9 heteroatoms. The Hall–Kier alpha value is -1.51. The lowest BCUT2D eigenvalue weighted by Gasteiger charge is -2.24. The first-order valence-electron chi connectivity index (χ1n) is 6.54. The SMILES string of the molecule is CC(C)CN(CCC(N)=NO)C(=O)CCOCC(F)(F)F. The van der Waals surface area contributed by atoms with Gasteiger partial charge in [-0.3, -0.25) is 4.79 Å². The summed E-state index contributed by atoms with van der Waals surface area (Å²) in [4.78, 5) is 13.4. The van der Waals surface area contributed by atoms with E-state index in [4.69, 9.17) is 10.9 Å². The lowest BCUT2D eigenvalue weighted by molar-refractivity contribution is -0.175. The molecule has 0 saturated carbocycles. The first-order chi connectivity index (χ1) is 9.65. The third-order valence-corrected chi connectivity index (χ3v) is 2.43. The minimum atomic E-state index is -4.40. The second-order valence-corrected chi connectivity index (χ2v) is 4.99. The lowest BCUT2D eigenvalue weighted by atomic mass is 10.2. The van der Waals surface area contributed by atoms with Crippen molar-refractivity contribution in [2.45, 2.75) is 32.9 Å². The Morgan fingerprint density at radius 2 is 2.00 bits per heavy atom. The largest absolute Gasteiger partial charge is 0.411 e. The van der Waals surface area contributed by atoms with Crippen molar-refractivity contribution >= 4 is 11.7 Å². The van der Waals surface area contributed by atoms with E-state index in [1.165, 1.54) is 4.90 Å². The van der Waals surface area contributed by atoms with Gasteiger partial charge >= 0.3 is 6.18 Å². The van der Waals surface area contributed by atoms with Gasteiger partial charge in [-0.1, -0.05) is 19.0 Å². The van der Waals surface area contributed by atoms with Crippen molar-refractivity contribution in [2.75, 3.05) is 26.3 Å². The summed E-state index contributed by atoms with van der Waals surface area (Å²) in [5, 5.41) is 11.3. The molecule has 0 bridgehead atoms. The van der Waals surface area contributed by atoms with Crippen molar-refractivity contribution in [1.29, 1.82) is 0 Å². The molecule has 0 spiro atoms. The number of nitrogens with zero attached hydrogens (tertiary/aromatic N) is 2. The van der Waals surface area contributed by atoms with E-state index < -0.39 is 12.8 Å². The number of amides is 1. The van der Waals surface area contributed by atoms with Gasteiger partial charge in [0.15, 0.2) is 0 Å². The molecule has 0 aliphatic heterocycles. The average molecular weight is 313 g/mol. The fourth-order valence-corrected chi connectivity index (χ4v) is 1.56. The molecule has 0 fully saturated rings. The number of nitrogens with two attached hydrogens (primary N) is 1. The van der Waals surface area contributed by atoms with Crippen LogP contribution >= 0.6 is 0 Å². The highest BCUT2D eigenvalue weighted by Gasteiger charge is 2.27. The Bertz CT molecular complexity index is 346. The van der Waals surface area contributed by atoms with Crippen LogP contribution in [0.15, 0.2) is 5.16 Å². The number of hydrogen-bond acceptors (Lipinski definition) is 4. The molecule has 0 atom stereocenters. The van der Waals surface area contributed by atoms with Crippen LogP contribution in [0.3, 0.4) is 0 Å². The molecule has 0 aromatic rings. The van der Waals surface area contributed by atoms with E-state index in [-0.39, 0.29) is 43.7 Å². The molecule has 6 nitrogen and oxygen atoms in total. The van der Waals surface area contributed by atoms with Gasteiger partial charge in [-0.25, -0.2) is 0 Å². The second kappa shape index (κ2) is 9.43. The van der Waals surface area contributed by atoms with Crippen LogP contribution in [0.5, 0.6) is 0 Å². The second-order valence-electron chi connectivity index (χ2n) is 4.99. The smallest absolute Gasteiger partial charge is 0.409 e. The maximum absolute atomic E-state index is 11.9. The van der Waals surface area contributed by atoms with Crippen LogP contribution in [0.1, 0.15) is 26.7 Å². The standard InChI is InChI=1S/C12H22F3N3O3/c1-9(2)7-18(5-3-10(16)17-20)11(19)4-6-21-8-12(13,14)15/h9,20H,3-8H2,1-2H3,(H2,16,17). The molecule has 0 unspecified atom stereocenters. The quantitative estimate of drug-likeness (QED) is 0.222. The molecular formula is C12H22F3N3O3. The molecular weight excluding hydrogens is 291 g/mol. The van der Waals surface area contributed by atoms with Gasteiger partial charge in [0.05, 0.1) is 13.0 Å². The van der Waals surface area contributed by atoms with Crippen LogP contribution in [0.4, 0.5) is 13.2 Å². The summed E-state index contributed by atoms with van der Waals surface area (Å²) in [5.41, 5.74) is 5.33. The number of carbonyl (C=O) groups excluding carboxylic acids is 1. The van der Waals surface area contributed by atoms with Crippen LogP contribution in [0, 0.1) is 5.92 Å². The van der Waals surface area contributed by atoms with E-state index in [9.17, 15) is 18.0 Å². The third-order valence-electron chi connectivity index (χ3n) is 2.43. The van der Waals surface area contributed by atoms with Crippen LogP contribution < -0.4 is 5.73 Å². The topological polar surface area (TPSA) is 88.1 Å². The molecule has 0 aromatic carbocycles. The van der Waals surface area contributed by atoms with E-state index in [0.29, 0.717) is 6.54 Å². The molecule has 0 rings (SSSR count). The highest BCUT2D eigenvalue weighted by molar-refractivity contribution is 5.81. The van der Waals surface area contributed by atoms with Crippen molar-refractivity contribution in [2.24, 2.45) is 16.8 Å². The summed E-state index contributed by atoms with van der Waals surface area (Å²) >= 11 is 0. The number of ether oxygens (including phenoxy) is 1. The maximum atomic E-state index is 11.9. The fraction of sp³-hybridized carbons (Fsp3) is 0.833. The van der Waals surface area contributed by atoms with Gasteiger partial charge in [-0.15, -0.1) is 0 Å².